The molecular weight excluding hydrogens is 262 g/mol. The van der Waals surface area contributed by atoms with Crippen LogP contribution < -0.4 is 11.5 Å². The van der Waals surface area contributed by atoms with E-state index in [1.165, 1.54) is 0 Å². The molecule has 4 N–H and O–H groups in total. The Kier molecular flexibility index (Phi) is 2.57. The van der Waals surface area contributed by atoms with Crippen LogP contribution in [0.15, 0.2) is 35.0 Å². The van der Waals surface area contributed by atoms with Crippen molar-refractivity contribution in [2.75, 3.05) is 11.5 Å². The van der Waals surface area contributed by atoms with Crippen molar-refractivity contribution in [1.29, 1.82) is 0 Å². The number of halogens is 1. The number of aromatic nitrogens is 1. The SMILES string of the molecule is CC1(Cl)C=CC=C(c2cncc3oc(N)c(N)c23)C1. The maximum absolute atomic E-state index is 6.39. The van der Waals surface area contributed by atoms with Gasteiger partial charge in [0.2, 0.25) is 5.88 Å². The van der Waals surface area contributed by atoms with Crippen LogP contribution in [0.25, 0.3) is 16.5 Å². The number of pyridine rings is 1. The largest absolute Gasteiger partial charge is 0.437 e. The van der Waals surface area contributed by atoms with Crippen LogP contribution in [-0.2, 0) is 0 Å². The average molecular weight is 276 g/mol. The zero-order chi connectivity index (χ0) is 13.6. The monoisotopic (exact) mass is 275 g/mol. The highest BCUT2D eigenvalue weighted by Crippen LogP contribution is 2.40. The number of nitrogens with two attached hydrogens (primary N) is 2. The van der Waals surface area contributed by atoms with Crippen molar-refractivity contribution < 1.29 is 4.42 Å². The van der Waals surface area contributed by atoms with Gasteiger partial charge in [0.05, 0.1) is 16.5 Å². The summed E-state index contributed by atoms with van der Waals surface area (Å²) in [5.41, 5.74) is 14.8. The van der Waals surface area contributed by atoms with Crippen molar-refractivity contribution in [2.24, 2.45) is 0 Å². The van der Waals surface area contributed by atoms with E-state index < -0.39 is 4.87 Å². The first-order chi connectivity index (χ1) is 8.98. The lowest BCUT2D eigenvalue weighted by atomic mass is 9.90. The summed E-state index contributed by atoms with van der Waals surface area (Å²) < 4.78 is 5.39. The third-order valence-electron chi connectivity index (χ3n) is 3.29. The Morgan fingerprint density at radius 2 is 2.16 bits per heavy atom. The Bertz CT molecular complexity index is 713. The standard InChI is InChI=1S/C14H14ClN3O/c1-14(15)4-2-3-8(5-14)9-6-18-7-10-11(9)12(16)13(17)19-10/h2-4,6-7H,5,16-17H2,1H3. The lowest BCUT2D eigenvalue weighted by Gasteiger charge is -2.23. The van der Waals surface area contributed by atoms with Gasteiger partial charge >= 0.3 is 0 Å². The molecule has 3 rings (SSSR count). The summed E-state index contributed by atoms with van der Waals surface area (Å²) in [7, 11) is 0. The quantitative estimate of drug-likeness (QED) is 0.783. The molecule has 98 valence electrons. The molecule has 0 saturated carbocycles. The molecule has 5 heteroatoms. The maximum atomic E-state index is 6.39. The lowest BCUT2D eigenvalue weighted by molar-refractivity contribution is 0.636. The van der Waals surface area contributed by atoms with E-state index in [4.69, 9.17) is 27.5 Å². The summed E-state index contributed by atoms with van der Waals surface area (Å²) in [5.74, 6) is 0.227. The van der Waals surface area contributed by atoms with Crippen molar-refractivity contribution in [3.05, 3.63) is 36.2 Å². The third-order valence-corrected chi connectivity index (χ3v) is 3.55. The second-order valence-electron chi connectivity index (χ2n) is 4.95. The number of nitrogens with zero attached hydrogens (tertiary/aromatic N) is 1. The molecule has 0 fully saturated rings. The number of hydrogen-bond acceptors (Lipinski definition) is 4. The molecule has 1 aliphatic carbocycles. The average Bonchev–Trinajstić information content (AvgIpc) is 2.64. The molecule has 0 amide bonds. The summed E-state index contributed by atoms with van der Waals surface area (Å²) in [4.78, 5) is 3.78. The van der Waals surface area contributed by atoms with Gasteiger partial charge in [-0.15, -0.1) is 11.6 Å². The lowest BCUT2D eigenvalue weighted by Crippen LogP contribution is -2.15. The summed E-state index contributed by atoms with van der Waals surface area (Å²) in [6, 6.07) is 0. The van der Waals surface area contributed by atoms with Crippen molar-refractivity contribution in [1.82, 2.24) is 4.98 Å². The summed E-state index contributed by atoms with van der Waals surface area (Å²) in [6.45, 7) is 1.97. The molecule has 1 unspecified atom stereocenters. The molecule has 0 saturated heterocycles. The molecule has 0 bridgehead atoms. The van der Waals surface area contributed by atoms with Gasteiger partial charge in [-0.05, 0) is 18.9 Å². The zero-order valence-electron chi connectivity index (χ0n) is 10.5. The van der Waals surface area contributed by atoms with Crippen LogP contribution in [0.3, 0.4) is 0 Å². The normalized spacial score (nSPS) is 22.7. The van der Waals surface area contributed by atoms with Gasteiger partial charge in [0, 0.05) is 11.8 Å². The third kappa shape index (κ3) is 1.98. The minimum absolute atomic E-state index is 0.227. The molecule has 0 aromatic carbocycles. The predicted octanol–water partition coefficient (Wildman–Crippen LogP) is 3.33. The van der Waals surface area contributed by atoms with Gasteiger partial charge in [-0.2, -0.15) is 0 Å². The van der Waals surface area contributed by atoms with Crippen molar-refractivity contribution in [3.63, 3.8) is 0 Å². The Balaban J connectivity index is 2.21. The first-order valence-corrected chi connectivity index (χ1v) is 6.35. The van der Waals surface area contributed by atoms with Gasteiger partial charge in [0.25, 0.3) is 0 Å². The van der Waals surface area contributed by atoms with Crippen LogP contribution in [-0.4, -0.2) is 9.86 Å². The second-order valence-corrected chi connectivity index (χ2v) is 5.81. The van der Waals surface area contributed by atoms with Crippen molar-refractivity contribution in [3.8, 4) is 0 Å². The topological polar surface area (TPSA) is 78.1 Å². The van der Waals surface area contributed by atoms with Crippen molar-refractivity contribution in [2.45, 2.75) is 18.2 Å². The van der Waals surface area contributed by atoms with Crippen LogP contribution >= 0.6 is 11.6 Å². The molecule has 1 aliphatic rings. The molecule has 0 spiro atoms. The summed E-state index contributed by atoms with van der Waals surface area (Å²) >= 11 is 6.39. The Morgan fingerprint density at radius 3 is 2.89 bits per heavy atom. The minimum atomic E-state index is -0.393. The molecular formula is C14H14ClN3O. The van der Waals surface area contributed by atoms with Gasteiger partial charge in [-0.25, -0.2) is 0 Å². The molecule has 2 heterocycles. The number of rotatable bonds is 1. The fraction of sp³-hybridized carbons (Fsp3) is 0.214. The molecule has 0 aliphatic heterocycles. The molecule has 2 aromatic rings. The highest BCUT2D eigenvalue weighted by atomic mass is 35.5. The van der Waals surface area contributed by atoms with Crippen LogP contribution in [0, 0.1) is 0 Å². The second kappa shape index (κ2) is 4.03. The van der Waals surface area contributed by atoms with Crippen molar-refractivity contribution >= 4 is 39.7 Å². The smallest absolute Gasteiger partial charge is 0.214 e. The number of allylic oxidation sites excluding steroid dienone is 4. The van der Waals surface area contributed by atoms with E-state index in [-0.39, 0.29) is 5.88 Å². The van der Waals surface area contributed by atoms with E-state index in [0.29, 0.717) is 17.7 Å². The Hall–Kier alpha value is -1.94. The Morgan fingerprint density at radius 1 is 1.37 bits per heavy atom. The van der Waals surface area contributed by atoms with Gasteiger partial charge in [0.15, 0.2) is 5.58 Å². The number of alkyl halides is 1. The van der Waals surface area contributed by atoms with Gasteiger partial charge < -0.3 is 15.9 Å². The minimum Gasteiger partial charge on any atom is -0.437 e. The molecule has 4 nitrogen and oxygen atoms in total. The first kappa shape index (κ1) is 12.1. The van der Waals surface area contributed by atoms with Gasteiger partial charge in [-0.3, -0.25) is 4.98 Å². The highest BCUT2D eigenvalue weighted by molar-refractivity contribution is 6.26. The summed E-state index contributed by atoms with van der Waals surface area (Å²) in [5, 5.41) is 0.807. The maximum Gasteiger partial charge on any atom is 0.214 e. The van der Waals surface area contributed by atoms with Crippen LogP contribution in [0.4, 0.5) is 11.6 Å². The molecule has 2 aromatic heterocycles. The number of hydrogen-bond donors (Lipinski definition) is 2. The van der Waals surface area contributed by atoms with E-state index in [1.807, 2.05) is 25.2 Å². The number of fused-ring (bicyclic) bond motifs is 1. The Labute approximate surface area is 115 Å². The van der Waals surface area contributed by atoms with E-state index in [1.54, 1.807) is 12.4 Å². The molecule has 1 atom stereocenters. The van der Waals surface area contributed by atoms with Gasteiger partial charge in [0.1, 0.15) is 5.69 Å². The zero-order valence-corrected chi connectivity index (χ0v) is 11.2. The van der Waals surface area contributed by atoms with E-state index >= 15 is 0 Å². The summed E-state index contributed by atoms with van der Waals surface area (Å²) in [6.07, 6.45) is 10.0. The fourth-order valence-electron chi connectivity index (χ4n) is 2.38. The van der Waals surface area contributed by atoms with Crippen LogP contribution in [0.2, 0.25) is 0 Å². The molecule has 19 heavy (non-hydrogen) atoms. The van der Waals surface area contributed by atoms with Gasteiger partial charge in [-0.1, -0.05) is 18.2 Å². The number of anilines is 2. The van der Waals surface area contributed by atoms with E-state index in [9.17, 15) is 0 Å². The fourth-order valence-corrected chi connectivity index (χ4v) is 2.59. The number of nitrogen functional groups attached to an aromatic ring is 2. The van der Waals surface area contributed by atoms with E-state index in [2.05, 4.69) is 4.98 Å². The highest BCUT2D eigenvalue weighted by Gasteiger charge is 2.24. The van der Waals surface area contributed by atoms with E-state index in [0.717, 1.165) is 16.5 Å². The molecule has 0 radical (unpaired) electrons. The van der Waals surface area contributed by atoms with Crippen LogP contribution in [0.5, 0.6) is 0 Å². The predicted molar refractivity (Wildman–Crippen MR) is 78.8 cm³/mol. The first-order valence-electron chi connectivity index (χ1n) is 5.97. The number of furan rings is 1. The van der Waals surface area contributed by atoms with Crippen LogP contribution in [0.1, 0.15) is 18.9 Å².